The van der Waals surface area contributed by atoms with Crippen LogP contribution in [0.15, 0.2) is 17.3 Å². The van der Waals surface area contributed by atoms with E-state index < -0.39 is 5.97 Å². The zero-order chi connectivity index (χ0) is 12.1. The maximum Gasteiger partial charge on any atom is 0.340 e. The van der Waals surface area contributed by atoms with Crippen molar-refractivity contribution < 1.29 is 14.4 Å². The predicted molar refractivity (Wildman–Crippen MR) is 61.8 cm³/mol. The quantitative estimate of drug-likeness (QED) is 0.379. The van der Waals surface area contributed by atoms with Gasteiger partial charge < -0.3 is 15.3 Å². The van der Waals surface area contributed by atoms with E-state index in [1.807, 2.05) is 0 Å². The highest BCUT2D eigenvalue weighted by atomic mass is 35.5. The van der Waals surface area contributed by atoms with Gasteiger partial charge in [0.2, 0.25) is 0 Å². The largest absolute Gasteiger partial charge is 0.465 e. The Balaban J connectivity index is 3.22. The molecule has 0 radical (unpaired) electrons. The number of nitrogens with two attached hydrogens (primary N) is 1. The van der Waals surface area contributed by atoms with Crippen LogP contribution in [0, 0.1) is 0 Å². The van der Waals surface area contributed by atoms with E-state index in [0.717, 1.165) is 0 Å². The summed E-state index contributed by atoms with van der Waals surface area (Å²) in [5.41, 5.74) is 6.63. The Morgan fingerprint density at radius 3 is 2.75 bits per heavy atom. The Hall–Kier alpha value is -1.75. The van der Waals surface area contributed by atoms with E-state index in [1.54, 1.807) is 6.07 Å². The van der Waals surface area contributed by atoms with Crippen molar-refractivity contribution in [3.8, 4) is 0 Å². The number of carbonyl (C=O) groups is 1. The van der Waals surface area contributed by atoms with Gasteiger partial charge in [-0.05, 0) is 17.7 Å². The van der Waals surface area contributed by atoms with Gasteiger partial charge in [0.15, 0.2) is 0 Å². The van der Waals surface area contributed by atoms with Gasteiger partial charge in [-0.2, -0.15) is 0 Å². The maximum atomic E-state index is 11.4. The van der Waals surface area contributed by atoms with Gasteiger partial charge in [0.25, 0.3) is 0 Å². The van der Waals surface area contributed by atoms with Crippen molar-refractivity contribution >= 4 is 29.5 Å². The van der Waals surface area contributed by atoms with E-state index in [0.29, 0.717) is 5.56 Å². The summed E-state index contributed by atoms with van der Waals surface area (Å²) < 4.78 is 4.58. The molecule has 1 aromatic carbocycles. The third-order valence-electron chi connectivity index (χ3n) is 1.86. The average Bonchev–Trinajstić information content (AvgIpc) is 2.29. The molecular formula is C10H11ClN2O3. The van der Waals surface area contributed by atoms with E-state index >= 15 is 0 Å². The van der Waals surface area contributed by atoms with Crippen molar-refractivity contribution in [3.05, 3.63) is 28.3 Å². The van der Waals surface area contributed by atoms with Gasteiger partial charge in [0.05, 0.1) is 29.6 Å². The monoisotopic (exact) mass is 242 g/mol. The number of ether oxygens (including phenoxy) is 1. The zero-order valence-corrected chi connectivity index (χ0v) is 9.62. The number of halogens is 1. The molecule has 0 bridgehead atoms. The van der Waals surface area contributed by atoms with E-state index in [9.17, 15) is 4.79 Å². The van der Waals surface area contributed by atoms with Crippen LogP contribution in [-0.2, 0) is 9.57 Å². The average molecular weight is 243 g/mol. The Morgan fingerprint density at radius 1 is 1.50 bits per heavy atom. The highest BCUT2D eigenvalue weighted by Gasteiger charge is 2.13. The second-order valence-corrected chi connectivity index (χ2v) is 3.28. The lowest BCUT2D eigenvalue weighted by Crippen LogP contribution is -2.07. The third-order valence-corrected chi connectivity index (χ3v) is 2.18. The van der Waals surface area contributed by atoms with Crippen LogP contribution >= 0.6 is 11.6 Å². The summed E-state index contributed by atoms with van der Waals surface area (Å²) in [5.74, 6) is -0.549. The summed E-state index contributed by atoms with van der Waals surface area (Å²) in [4.78, 5) is 15.9. The molecule has 1 rings (SSSR count). The number of oxime groups is 1. The SMILES string of the molecule is CON=Cc1cc(Cl)c(N)c(C(=O)OC)c1. The van der Waals surface area contributed by atoms with Crippen molar-refractivity contribution in [2.24, 2.45) is 5.16 Å². The molecule has 0 saturated heterocycles. The number of anilines is 1. The van der Waals surface area contributed by atoms with Gasteiger partial charge in [-0.25, -0.2) is 4.79 Å². The van der Waals surface area contributed by atoms with Crippen LogP contribution in [-0.4, -0.2) is 26.4 Å². The first-order valence-electron chi connectivity index (χ1n) is 4.34. The van der Waals surface area contributed by atoms with Crippen LogP contribution in [0.4, 0.5) is 5.69 Å². The normalized spacial score (nSPS) is 10.4. The highest BCUT2D eigenvalue weighted by molar-refractivity contribution is 6.34. The molecule has 0 spiro atoms. The number of nitrogen functional groups attached to an aromatic ring is 1. The van der Waals surface area contributed by atoms with Gasteiger partial charge in [-0.1, -0.05) is 16.8 Å². The molecule has 0 fully saturated rings. The molecule has 0 aromatic heterocycles. The first kappa shape index (κ1) is 12.3. The van der Waals surface area contributed by atoms with Crippen LogP contribution in [0.5, 0.6) is 0 Å². The smallest absolute Gasteiger partial charge is 0.340 e. The number of carbonyl (C=O) groups excluding carboxylic acids is 1. The Kier molecular flexibility index (Phi) is 4.13. The van der Waals surface area contributed by atoms with Gasteiger partial charge in [0.1, 0.15) is 7.11 Å². The minimum absolute atomic E-state index is 0.183. The zero-order valence-electron chi connectivity index (χ0n) is 8.86. The minimum atomic E-state index is -0.549. The molecule has 1 aromatic rings. The second kappa shape index (κ2) is 5.37. The molecular weight excluding hydrogens is 232 g/mol. The van der Waals surface area contributed by atoms with Gasteiger partial charge in [-0.15, -0.1) is 0 Å². The van der Waals surface area contributed by atoms with Crippen LogP contribution in [0.2, 0.25) is 5.02 Å². The lowest BCUT2D eigenvalue weighted by molar-refractivity contribution is 0.0602. The number of methoxy groups -OCH3 is 1. The molecule has 0 heterocycles. The molecule has 0 amide bonds. The lowest BCUT2D eigenvalue weighted by Gasteiger charge is -2.06. The maximum absolute atomic E-state index is 11.4. The molecule has 0 saturated carbocycles. The van der Waals surface area contributed by atoms with Crippen molar-refractivity contribution in [3.63, 3.8) is 0 Å². The molecule has 16 heavy (non-hydrogen) atoms. The summed E-state index contributed by atoms with van der Waals surface area (Å²) in [7, 11) is 2.68. The number of rotatable bonds is 3. The highest BCUT2D eigenvalue weighted by Crippen LogP contribution is 2.25. The van der Waals surface area contributed by atoms with Crippen LogP contribution in [0.1, 0.15) is 15.9 Å². The molecule has 86 valence electrons. The molecule has 6 heteroatoms. The summed E-state index contributed by atoms with van der Waals surface area (Å²) >= 11 is 5.86. The third kappa shape index (κ3) is 2.64. The first-order chi connectivity index (χ1) is 7.60. The van der Waals surface area contributed by atoms with E-state index in [2.05, 4.69) is 14.7 Å². The molecule has 0 unspecified atom stereocenters. The fourth-order valence-corrected chi connectivity index (χ4v) is 1.33. The fourth-order valence-electron chi connectivity index (χ4n) is 1.11. The Morgan fingerprint density at radius 2 is 2.19 bits per heavy atom. The van der Waals surface area contributed by atoms with Gasteiger partial charge in [-0.3, -0.25) is 0 Å². The molecule has 0 aliphatic heterocycles. The van der Waals surface area contributed by atoms with E-state index in [-0.39, 0.29) is 16.3 Å². The minimum Gasteiger partial charge on any atom is -0.465 e. The topological polar surface area (TPSA) is 73.9 Å². The molecule has 0 aliphatic rings. The van der Waals surface area contributed by atoms with Crippen LogP contribution < -0.4 is 5.73 Å². The molecule has 2 N–H and O–H groups in total. The van der Waals surface area contributed by atoms with Crippen LogP contribution in [0.25, 0.3) is 0 Å². The lowest BCUT2D eigenvalue weighted by atomic mass is 10.1. The number of hydrogen-bond donors (Lipinski definition) is 1. The summed E-state index contributed by atoms with van der Waals surface area (Å²) in [6, 6.07) is 3.10. The number of esters is 1. The summed E-state index contributed by atoms with van der Waals surface area (Å²) in [5, 5.41) is 3.83. The van der Waals surface area contributed by atoms with Crippen molar-refractivity contribution in [2.45, 2.75) is 0 Å². The Bertz CT molecular complexity index is 432. The number of benzene rings is 1. The van der Waals surface area contributed by atoms with E-state index in [4.69, 9.17) is 17.3 Å². The summed E-state index contributed by atoms with van der Waals surface area (Å²) in [6.07, 6.45) is 1.41. The first-order valence-corrected chi connectivity index (χ1v) is 4.71. The molecule has 5 nitrogen and oxygen atoms in total. The Labute approximate surface area is 97.8 Å². The van der Waals surface area contributed by atoms with E-state index in [1.165, 1.54) is 26.5 Å². The fraction of sp³-hybridized carbons (Fsp3) is 0.200. The van der Waals surface area contributed by atoms with Gasteiger partial charge in [0, 0.05) is 0 Å². The second-order valence-electron chi connectivity index (χ2n) is 2.87. The van der Waals surface area contributed by atoms with Crippen molar-refractivity contribution in [2.75, 3.05) is 20.0 Å². The van der Waals surface area contributed by atoms with Crippen LogP contribution in [0.3, 0.4) is 0 Å². The number of nitrogens with zero attached hydrogens (tertiary/aromatic N) is 1. The standard InChI is InChI=1S/C10H11ClN2O3/c1-15-10(14)7-3-6(5-13-16-2)4-8(11)9(7)12/h3-5H,12H2,1-2H3. The number of hydrogen-bond acceptors (Lipinski definition) is 5. The van der Waals surface area contributed by atoms with Crippen molar-refractivity contribution in [1.29, 1.82) is 0 Å². The van der Waals surface area contributed by atoms with Crippen molar-refractivity contribution in [1.82, 2.24) is 0 Å². The summed E-state index contributed by atoms with van der Waals surface area (Å²) in [6.45, 7) is 0. The van der Waals surface area contributed by atoms with Gasteiger partial charge >= 0.3 is 5.97 Å². The molecule has 0 aliphatic carbocycles. The molecule has 0 atom stereocenters. The predicted octanol–water partition coefficient (Wildman–Crippen LogP) is 1.69.